The molecule has 1 aliphatic carbocycles. The number of anilines is 1. The molecule has 1 atom stereocenters. The summed E-state index contributed by atoms with van der Waals surface area (Å²) in [6.45, 7) is 4.40. The average molecular weight is 309 g/mol. The van der Waals surface area contributed by atoms with E-state index in [1.807, 2.05) is 0 Å². The number of hydrogen-bond acceptors (Lipinski definition) is 3. The fourth-order valence-corrected chi connectivity index (χ4v) is 3.53. The van der Waals surface area contributed by atoms with Crippen molar-refractivity contribution in [2.24, 2.45) is 5.41 Å². The quantitative estimate of drug-likeness (QED) is 0.848. The number of rotatable bonds is 2. The monoisotopic (exact) mass is 308 g/mol. The second-order valence-electron chi connectivity index (χ2n) is 6.34. The van der Waals surface area contributed by atoms with Gasteiger partial charge < -0.3 is 10.3 Å². The minimum Gasteiger partial charge on any atom is -0.367 e. The Bertz CT molecular complexity index is 681. The summed E-state index contributed by atoms with van der Waals surface area (Å²) in [6.07, 6.45) is 3.25. The predicted molar refractivity (Wildman–Crippen MR) is 81.7 cm³/mol. The lowest BCUT2D eigenvalue weighted by molar-refractivity contribution is 0.314. The summed E-state index contributed by atoms with van der Waals surface area (Å²) in [5.41, 5.74) is 7.67. The van der Waals surface area contributed by atoms with Gasteiger partial charge in [0.2, 0.25) is 5.88 Å². The summed E-state index contributed by atoms with van der Waals surface area (Å²) in [7, 11) is 0. The molecule has 1 unspecified atom stereocenters. The highest BCUT2D eigenvalue weighted by molar-refractivity contribution is 6.31. The summed E-state index contributed by atoms with van der Waals surface area (Å²) in [5.74, 6) is -0.119. The Labute approximate surface area is 128 Å². The van der Waals surface area contributed by atoms with Gasteiger partial charge in [0.25, 0.3) is 0 Å². The fraction of sp³-hybridized carbons (Fsp3) is 0.438. The number of nitrogens with zero attached hydrogens (tertiary/aromatic N) is 1. The summed E-state index contributed by atoms with van der Waals surface area (Å²) in [5, 5.41) is 4.20. The topological polar surface area (TPSA) is 52.0 Å². The molecule has 5 heteroatoms. The Morgan fingerprint density at radius 1 is 1.43 bits per heavy atom. The fourth-order valence-electron chi connectivity index (χ4n) is 3.35. The largest absolute Gasteiger partial charge is 0.367 e. The zero-order valence-electron chi connectivity index (χ0n) is 12.1. The van der Waals surface area contributed by atoms with E-state index in [1.54, 1.807) is 12.1 Å². The molecule has 0 radical (unpaired) electrons. The molecule has 1 fully saturated rings. The molecule has 112 valence electrons. The first-order valence-electron chi connectivity index (χ1n) is 7.11. The Hall–Kier alpha value is -1.55. The first-order valence-corrected chi connectivity index (χ1v) is 7.49. The number of aromatic nitrogens is 1. The highest BCUT2D eigenvalue weighted by Gasteiger charge is 2.40. The molecule has 1 aromatic carbocycles. The Balaban J connectivity index is 2.16. The maximum atomic E-state index is 14.3. The molecule has 21 heavy (non-hydrogen) atoms. The average Bonchev–Trinajstić information content (AvgIpc) is 2.95. The van der Waals surface area contributed by atoms with Gasteiger partial charge in [-0.3, -0.25) is 0 Å². The molecule has 2 aromatic rings. The van der Waals surface area contributed by atoms with Gasteiger partial charge in [-0.1, -0.05) is 49.2 Å². The van der Waals surface area contributed by atoms with Crippen LogP contribution in [0.1, 0.15) is 44.7 Å². The van der Waals surface area contributed by atoms with Crippen LogP contribution in [0, 0.1) is 11.2 Å². The van der Waals surface area contributed by atoms with Crippen molar-refractivity contribution in [2.45, 2.75) is 39.0 Å². The van der Waals surface area contributed by atoms with E-state index in [1.165, 1.54) is 6.07 Å². The van der Waals surface area contributed by atoms with Crippen LogP contribution in [0.3, 0.4) is 0 Å². The summed E-state index contributed by atoms with van der Waals surface area (Å²) >= 11 is 5.88. The smallest absolute Gasteiger partial charge is 0.230 e. The van der Waals surface area contributed by atoms with Crippen LogP contribution in [0.5, 0.6) is 0 Å². The van der Waals surface area contributed by atoms with Gasteiger partial charge in [0.1, 0.15) is 5.82 Å². The molecule has 0 amide bonds. The molecule has 0 bridgehead atoms. The van der Waals surface area contributed by atoms with Gasteiger partial charge in [-0.05, 0) is 24.3 Å². The van der Waals surface area contributed by atoms with E-state index in [2.05, 4.69) is 19.0 Å². The van der Waals surface area contributed by atoms with Crippen LogP contribution in [0.25, 0.3) is 11.1 Å². The molecule has 3 nitrogen and oxygen atoms in total. The Morgan fingerprint density at radius 3 is 2.86 bits per heavy atom. The van der Waals surface area contributed by atoms with Crippen molar-refractivity contribution in [3.8, 4) is 11.1 Å². The van der Waals surface area contributed by atoms with Crippen LogP contribution in [0.2, 0.25) is 5.02 Å². The predicted octanol–water partition coefficient (Wildman–Crippen LogP) is 5.01. The molecular formula is C16H18ClFN2O. The van der Waals surface area contributed by atoms with E-state index in [4.69, 9.17) is 21.9 Å². The Morgan fingerprint density at radius 2 is 2.19 bits per heavy atom. The van der Waals surface area contributed by atoms with Crippen LogP contribution >= 0.6 is 11.6 Å². The van der Waals surface area contributed by atoms with Crippen LogP contribution in [-0.4, -0.2) is 5.16 Å². The summed E-state index contributed by atoms with van der Waals surface area (Å²) in [4.78, 5) is 0. The van der Waals surface area contributed by atoms with Crippen molar-refractivity contribution in [1.82, 2.24) is 5.16 Å². The van der Waals surface area contributed by atoms with E-state index in [-0.39, 0.29) is 22.2 Å². The lowest BCUT2D eigenvalue weighted by Crippen LogP contribution is -2.16. The molecule has 3 rings (SSSR count). The number of nitrogens with two attached hydrogens (primary N) is 1. The molecule has 2 N–H and O–H groups in total. The van der Waals surface area contributed by atoms with E-state index < -0.39 is 5.82 Å². The summed E-state index contributed by atoms with van der Waals surface area (Å²) < 4.78 is 19.5. The highest BCUT2D eigenvalue weighted by Crippen LogP contribution is 2.51. The molecular weight excluding hydrogens is 291 g/mol. The lowest BCUT2D eigenvalue weighted by atomic mass is 9.78. The molecule has 0 aliphatic heterocycles. The van der Waals surface area contributed by atoms with E-state index in [9.17, 15) is 4.39 Å². The van der Waals surface area contributed by atoms with Crippen LogP contribution < -0.4 is 5.73 Å². The van der Waals surface area contributed by atoms with Crippen molar-refractivity contribution in [3.63, 3.8) is 0 Å². The normalized spacial score (nSPS) is 20.9. The van der Waals surface area contributed by atoms with Gasteiger partial charge in [-0.25, -0.2) is 4.39 Å². The molecule has 1 aliphatic rings. The molecule has 1 saturated carbocycles. The second-order valence-corrected chi connectivity index (χ2v) is 6.75. The van der Waals surface area contributed by atoms with Crippen LogP contribution in [0.4, 0.5) is 10.3 Å². The molecule has 0 saturated heterocycles. The van der Waals surface area contributed by atoms with Gasteiger partial charge in [0.15, 0.2) is 0 Å². The van der Waals surface area contributed by atoms with E-state index in [0.29, 0.717) is 11.1 Å². The molecule has 1 heterocycles. The lowest BCUT2D eigenvalue weighted by Gasteiger charge is -2.25. The molecule has 1 aromatic heterocycles. The van der Waals surface area contributed by atoms with Gasteiger partial charge >= 0.3 is 0 Å². The number of hydrogen-bond donors (Lipinski definition) is 1. The number of benzene rings is 1. The van der Waals surface area contributed by atoms with Crippen molar-refractivity contribution in [3.05, 3.63) is 34.7 Å². The highest BCUT2D eigenvalue weighted by atomic mass is 35.5. The van der Waals surface area contributed by atoms with Gasteiger partial charge in [0, 0.05) is 11.5 Å². The van der Waals surface area contributed by atoms with Gasteiger partial charge in [0.05, 0.1) is 16.3 Å². The zero-order chi connectivity index (χ0) is 15.2. The first-order chi connectivity index (χ1) is 9.92. The van der Waals surface area contributed by atoms with E-state index in [0.717, 1.165) is 25.0 Å². The van der Waals surface area contributed by atoms with Crippen molar-refractivity contribution < 1.29 is 8.91 Å². The SMILES string of the molecule is CC1(C)CCCC1c1noc(N)c1-c1cccc(Cl)c1F. The van der Waals surface area contributed by atoms with E-state index >= 15 is 0 Å². The van der Waals surface area contributed by atoms with Gasteiger partial charge in [-0.15, -0.1) is 0 Å². The minimum atomic E-state index is -0.480. The third-order valence-corrected chi connectivity index (χ3v) is 4.85. The van der Waals surface area contributed by atoms with Crippen LogP contribution in [0.15, 0.2) is 22.7 Å². The maximum absolute atomic E-state index is 14.3. The zero-order valence-corrected chi connectivity index (χ0v) is 12.9. The Kier molecular flexibility index (Phi) is 3.44. The third-order valence-electron chi connectivity index (χ3n) is 4.55. The molecule has 0 spiro atoms. The number of halogens is 2. The maximum Gasteiger partial charge on any atom is 0.230 e. The van der Waals surface area contributed by atoms with Crippen molar-refractivity contribution in [2.75, 3.05) is 5.73 Å². The van der Waals surface area contributed by atoms with Crippen molar-refractivity contribution >= 4 is 17.5 Å². The second kappa shape index (κ2) is 5.02. The standard InChI is InChI=1S/C16H18ClFN2O/c1-16(2)8-4-6-10(16)14-12(15(19)21-20-14)9-5-3-7-11(17)13(9)18/h3,5,7,10H,4,6,8,19H2,1-2H3. The van der Waals surface area contributed by atoms with Crippen molar-refractivity contribution in [1.29, 1.82) is 0 Å². The first kappa shape index (κ1) is 14.4. The minimum absolute atomic E-state index is 0.0738. The van der Waals surface area contributed by atoms with Crippen LogP contribution in [-0.2, 0) is 0 Å². The third kappa shape index (κ3) is 2.31. The number of nitrogen functional groups attached to an aromatic ring is 1. The summed E-state index contributed by atoms with van der Waals surface area (Å²) in [6, 6.07) is 4.88. The van der Waals surface area contributed by atoms with Gasteiger partial charge in [-0.2, -0.15) is 0 Å².